The molecule has 0 saturated heterocycles. The van der Waals surface area contributed by atoms with Gasteiger partial charge in [0.15, 0.2) is 5.90 Å². The van der Waals surface area contributed by atoms with E-state index in [-0.39, 0.29) is 12.1 Å². The molecule has 3 heteroatoms. The monoisotopic (exact) mass is 363 g/mol. The number of aliphatic hydroxyl groups excluding tert-OH is 1. The van der Waals surface area contributed by atoms with Crippen LogP contribution in [0.3, 0.4) is 0 Å². The van der Waals surface area contributed by atoms with Gasteiger partial charge < -0.3 is 9.84 Å². The van der Waals surface area contributed by atoms with Crippen LogP contribution in [0.5, 0.6) is 0 Å². The van der Waals surface area contributed by atoms with Crippen LogP contribution < -0.4 is 0 Å². The fourth-order valence-corrected chi connectivity index (χ4v) is 3.14. The van der Waals surface area contributed by atoms with E-state index in [1.165, 1.54) is 57.8 Å². The summed E-state index contributed by atoms with van der Waals surface area (Å²) in [7, 11) is 0. The highest BCUT2D eigenvalue weighted by molar-refractivity contribution is 5.78. The third kappa shape index (κ3) is 10.2. The van der Waals surface area contributed by atoms with Crippen LogP contribution in [0.1, 0.15) is 97.3 Å². The van der Waals surface area contributed by atoms with Crippen LogP contribution in [0.25, 0.3) is 0 Å². The molecule has 26 heavy (non-hydrogen) atoms. The number of allylic oxidation sites excluding steroid dienone is 4. The number of hydrogen-bond donors (Lipinski definition) is 1. The van der Waals surface area contributed by atoms with Crippen LogP contribution in [0.2, 0.25) is 0 Å². The van der Waals surface area contributed by atoms with Crippen molar-refractivity contribution in [1.82, 2.24) is 0 Å². The minimum absolute atomic E-state index is 0.0924. The Balaban J connectivity index is 1.91. The van der Waals surface area contributed by atoms with Gasteiger partial charge >= 0.3 is 0 Å². The summed E-state index contributed by atoms with van der Waals surface area (Å²) in [5, 5.41) is 9.44. The molecule has 0 radical (unpaired) electrons. The Labute approximate surface area is 161 Å². The average Bonchev–Trinajstić information content (AvgIpc) is 3.09. The Hall–Kier alpha value is -1.09. The number of rotatable bonds is 16. The Morgan fingerprint density at radius 2 is 1.58 bits per heavy atom. The largest absolute Gasteiger partial charge is 0.478 e. The zero-order valence-corrected chi connectivity index (χ0v) is 17.2. The maximum absolute atomic E-state index is 9.44. The van der Waals surface area contributed by atoms with Crippen molar-refractivity contribution in [1.29, 1.82) is 0 Å². The zero-order valence-electron chi connectivity index (χ0n) is 17.2. The maximum Gasteiger partial charge on any atom is 0.184 e. The molecule has 1 N–H and O–H groups in total. The van der Waals surface area contributed by atoms with Gasteiger partial charge in [0.05, 0.1) is 6.61 Å². The molecule has 3 nitrogen and oxygen atoms in total. The van der Waals surface area contributed by atoms with Gasteiger partial charge in [0.2, 0.25) is 0 Å². The Morgan fingerprint density at radius 3 is 2.19 bits per heavy atom. The highest BCUT2D eigenvalue weighted by Crippen LogP contribution is 2.24. The molecule has 0 aliphatic carbocycles. The van der Waals surface area contributed by atoms with Gasteiger partial charge in [-0.3, -0.25) is 0 Å². The molecular formula is C23H41NO2. The highest BCUT2D eigenvalue weighted by Gasteiger charge is 2.33. The Bertz CT molecular complexity index is 422. The van der Waals surface area contributed by atoms with Crippen molar-refractivity contribution in [3.05, 3.63) is 24.3 Å². The second kappa shape index (κ2) is 15.0. The van der Waals surface area contributed by atoms with Crippen LogP contribution in [-0.4, -0.2) is 29.8 Å². The summed E-state index contributed by atoms with van der Waals surface area (Å²) in [6.45, 7) is 4.95. The van der Waals surface area contributed by atoms with E-state index in [9.17, 15) is 5.11 Å². The van der Waals surface area contributed by atoms with Gasteiger partial charge in [-0.1, -0.05) is 70.3 Å². The summed E-state index contributed by atoms with van der Waals surface area (Å²) in [4.78, 5) is 4.59. The molecule has 150 valence electrons. The van der Waals surface area contributed by atoms with E-state index >= 15 is 0 Å². The molecule has 0 fully saturated rings. The third-order valence-electron chi connectivity index (χ3n) is 5.16. The SMILES string of the molecule is CCCCCC=CCC=CCCCCCCCC1=NC(CC)(CO)CO1. The minimum atomic E-state index is -0.355. The van der Waals surface area contributed by atoms with Crippen molar-refractivity contribution >= 4 is 5.90 Å². The van der Waals surface area contributed by atoms with Gasteiger partial charge in [-0.25, -0.2) is 4.99 Å². The second-order valence-electron chi connectivity index (χ2n) is 7.51. The molecule has 1 unspecified atom stereocenters. The summed E-state index contributed by atoms with van der Waals surface area (Å²) in [6, 6.07) is 0. The molecule has 1 atom stereocenters. The van der Waals surface area contributed by atoms with E-state index in [0.717, 1.165) is 31.6 Å². The van der Waals surface area contributed by atoms with Crippen LogP contribution in [0.15, 0.2) is 29.3 Å². The summed E-state index contributed by atoms with van der Waals surface area (Å²) < 4.78 is 5.65. The number of aliphatic hydroxyl groups is 1. The topological polar surface area (TPSA) is 41.8 Å². The number of hydrogen-bond acceptors (Lipinski definition) is 3. The number of unbranched alkanes of at least 4 members (excludes halogenated alkanes) is 8. The molecule has 0 bridgehead atoms. The van der Waals surface area contributed by atoms with Crippen molar-refractivity contribution in [3.8, 4) is 0 Å². The lowest BCUT2D eigenvalue weighted by Crippen LogP contribution is -2.31. The van der Waals surface area contributed by atoms with Gasteiger partial charge in [-0.2, -0.15) is 0 Å². The smallest absolute Gasteiger partial charge is 0.184 e. The van der Waals surface area contributed by atoms with E-state index in [4.69, 9.17) is 4.74 Å². The van der Waals surface area contributed by atoms with Crippen molar-refractivity contribution in [2.45, 2.75) is 103 Å². The van der Waals surface area contributed by atoms with Crippen LogP contribution in [0.4, 0.5) is 0 Å². The first-order valence-electron chi connectivity index (χ1n) is 10.9. The van der Waals surface area contributed by atoms with E-state index < -0.39 is 0 Å². The van der Waals surface area contributed by atoms with E-state index in [2.05, 4.69) is 43.1 Å². The van der Waals surface area contributed by atoms with Gasteiger partial charge in [0, 0.05) is 6.42 Å². The van der Waals surface area contributed by atoms with E-state index in [0.29, 0.717) is 6.61 Å². The molecule has 0 aromatic carbocycles. The molecule has 0 spiro atoms. The molecule has 0 aromatic heterocycles. The van der Waals surface area contributed by atoms with Crippen molar-refractivity contribution in [3.63, 3.8) is 0 Å². The molecule has 1 aliphatic heterocycles. The highest BCUT2D eigenvalue weighted by atomic mass is 16.5. The molecule has 1 rings (SSSR count). The van der Waals surface area contributed by atoms with Crippen LogP contribution >= 0.6 is 0 Å². The summed E-state index contributed by atoms with van der Waals surface area (Å²) in [5.74, 6) is 0.853. The predicted octanol–water partition coefficient (Wildman–Crippen LogP) is 6.37. The summed E-state index contributed by atoms with van der Waals surface area (Å²) in [5.41, 5.74) is -0.355. The fourth-order valence-electron chi connectivity index (χ4n) is 3.14. The third-order valence-corrected chi connectivity index (χ3v) is 5.16. The van der Waals surface area contributed by atoms with E-state index in [1.54, 1.807) is 0 Å². The second-order valence-corrected chi connectivity index (χ2v) is 7.51. The number of nitrogens with zero attached hydrogens (tertiary/aromatic N) is 1. The van der Waals surface area contributed by atoms with Gasteiger partial charge in [-0.15, -0.1) is 0 Å². The summed E-state index contributed by atoms with van der Waals surface area (Å²) >= 11 is 0. The Kier molecular flexibility index (Phi) is 13.3. The lowest BCUT2D eigenvalue weighted by molar-refractivity contribution is 0.153. The molecule has 1 aliphatic rings. The van der Waals surface area contributed by atoms with Crippen LogP contribution in [0, 0.1) is 0 Å². The molecular weight excluding hydrogens is 322 g/mol. The van der Waals surface area contributed by atoms with Gasteiger partial charge in [0.1, 0.15) is 12.1 Å². The predicted molar refractivity (Wildman–Crippen MR) is 113 cm³/mol. The maximum atomic E-state index is 9.44. The van der Waals surface area contributed by atoms with Crippen molar-refractivity contribution in [2.24, 2.45) is 4.99 Å². The lowest BCUT2D eigenvalue weighted by atomic mass is 10.0. The summed E-state index contributed by atoms with van der Waals surface area (Å²) in [6.07, 6.45) is 24.8. The average molecular weight is 364 g/mol. The van der Waals surface area contributed by atoms with Gasteiger partial charge in [0.25, 0.3) is 0 Å². The number of ether oxygens (including phenoxy) is 1. The van der Waals surface area contributed by atoms with Gasteiger partial charge in [-0.05, 0) is 44.9 Å². The quantitative estimate of drug-likeness (QED) is 0.256. The first kappa shape index (κ1) is 23.0. The van der Waals surface area contributed by atoms with Crippen LogP contribution in [-0.2, 0) is 4.74 Å². The van der Waals surface area contributed by atoms with Crippen molar-refractivity contribution in [2.75, 3.05) is 13.2 Å². The zero-order chi connectivity index (χ0) is 18.9. The normalized spacial score (nSPS) is 20.2. The fraction of sp³-hybridized carbons (Fsp3) is 0.783. The van der Waals surface area contributed by atoms with Crippen molar-refractivity contribution < 1.29 is 9.84 Å². The molecule has 0 amide bonds. The first-order valence-corrected chi connectivity index (χ1v) is 10.9. The molecule has 0 aromatic rings. The Morgan fingerprint density at radius 1 is 0.923 bits per heavy atom. The standard InChI is InChI=1S/C23H41NO2/c1-3-5-6-7-8-9-10-11-12-13-14-15-16-17-18-19-22-24-23(4-2,20-25)21-26-22/h8-9,11-12,25H,3-7,10,13-21H2,1-2H3. The molecule has 1 heterocycles. The number of aliphatic imine (C=N–C) groups is 1. The lowest BCUT2D eigenvalue weighted by Gasteiger charge is -2.17. The van der Waals surface area contributed by atoms with E-state index in [1.807, 2.05) is 0 Å². The first-order chi connectivity index (χ1) is 12.8. The minimum Gasteiger partial charge on any atom is -0.478 e. The molecule has 0 saturated carbocycles.